The number of aromatic nitrogens is 4. The first-order chi connectivity index (χ1) is 10.7. The molecule has 0 saturated carbocycles. The van der Waals surface area contributed by atoms with Gasteiger partial charge in [0.05, 0.1) is 0 Å². The highest BCUT2D eigenvalue weighted by Gasteiger charge is 2.21. The van der Waals surface area contributed by atoms with Gasteiger partial charge in [0.15, 0.2) is 0 Å². The second-order valence-corrected chi connectivity index (χ2v) is 6.85. The standard InChI is InChI=1S/C16H26N6O.ClH/c1-11-13(12(2)22-15(20-11)18-10-19-22)6-7-14(23)21(5)9-16(3,4)8-17;/h10H,6-9,17H2,1-5H3;1H. The van der Waals surface area contributed by atoms with Crippen LogP contribution in [0.1, 0.15) is 37.2 Å². The van der Waals surface area contributed by atoms with Crippen LogP contribution in [-0.2, 0) is 11.2 Å². The summed E-state index contributed by atoms with van der Waals surface area (Å²) in [6, 6.07) is 0. The molecule has 2 N–H and O–H groups in total. The predicted molar refractivity (Wildman–Crippen MR) is 96.3 cm³/mol. The van der Waals surface area contributed by atoms with Gasteiger partial charge >= 0.3 is 0 Å². The van der Waals surface area contributed by atoms with E-state index in [1.54, 1.807) is 9.42 Å². The molecule has 0 aliphatic heterocycles. The smallest absolute Gasteiger partial charge is 0.252 e. The van der Waals surface area contributed by atoms with E-state index in [2.05, 4.69) is 28.9 Å². The van der Waals surface area contributed by atoms with Crippen LogP contribution >= 0.6 is 12.4 Å². The summed E-state index contributed by atoms with van der Waals surface area (Å²) in [7, 11) is 1.83. The van der Waals surface area contributed by atoms with Gasteiger partial charge in [-0.1, -0.05) is 13.8 Å². The normalized spacial score (nSPS) is 11.4. The minimum Gasteiger partial charge on any atom is -0.345 e. The first kappa shape index (κ1) is 20.3. The van der Waals surface area contributed by atoms with Gasteiger partial charge in [-0.2, -0.15) is 10.1 Å². The van der Waals surface area contributed by atoms with Crippen molar-refractivity contribution in [2.75, 3.05) is 20.1 Å². The summed E-state index contributed by atoms with van der Waals surface area (Å²) in [4.78, 5) is 22.7. The summed E-state index contributed by atoms with van der Waals surface area (Å²) >= 11 is 0. The summed E-state index contributed by atoms with van der Waals surface area (Å²) < 4.78 is 1.72. The Morgan fingerprint density at radius 3 is 2.67 bits per heavy atom. The van der Waals surface area contributed by atoms with Gasteiger partial charge in [-0.15, -0.1) is 12.4 Å². The summed E-state index contributed by atoms with van der Waals surface area (Å²) in [5, 5.41) is 4.18. The maximum atomic E-state index is 12.4. The maximum absolute atomic E-state index is 12.4. The van der Waals surface area contributed by atoms with E-state index in [9.17, 15) is 4.79 Å². The van der Waals surface area contributed by atoms with Crippen molar-refractivity contribution in [3.63, 3.8) is 0 Å². The Hall–Kier alpha value is -1.73. The van der Waals surface area contributed by atoms with Crippen LogP contribution in [0.15, 0.2) is 6.33 Å². The summed E-state index contributed by atoms with van der Waals surface area (Å²) in [6.45, 7) is 9.26. The summed E-state index contributed by atoms with van der Waals surface area (Å²) in [5.41, 5.74) is 8.62. The molecule has 0 aliphatic rings. The lowest BCUT2D eigenvalue weighted by Crippen LogP contribution is -2.39. The van der Waals surface area contributed by atoms with Crippen molar-refractivity contribution >= 4 is 24.1 Å². The first-order valence-corrected chi connectivity index (χ1v) is 7.85. The molecule has 0 fully saturated rings. The van der Waals surface area contributed by atoms with Crippen molar-refractivity contribution in [3.8, 4) is 0 Å². The predicted octanol–water partition coefficient (Wildman–Crippen LogP) is 1.54. The molecule has 0 radical (unpaired) electrons. The van der Waals surface area contributed by atoms with Gasteiger partial charge in [0.2, 0.25) is 5.91 Å². The third kappa shape index (κ3) is 4.42. The highest BCUT2D eigenvalue weighted by atomic mass is 35.5. The molecule has 2 heterocycles. The minimum absolute atomic E-state index is 0. The first-order valence-electron chi connectivity index (χ1n) is 7.85. The largest absolute Gasteiger partial charge is 0.345 e. The number of carbonyl (C=O) groups is 1. The molecule has 0 aromatic carbocycles. The van der Waals surface area contributed by atoms with Crippen molar-refractivity contribution in [1.82, 2.24) is 24.5 Å². The number of aryl methyl sites for hydroxylation is 2. The third-order valence-electron chi connectivity index (χ3n) is 4.22. The molecule has 0 aliphatic carbocycles. The van der Waals surface area contributed by atoms with Gasteiger partial charge in [-0.25, -0.2) is 9.50 Å². The summed E-state index contributed by atoms with van der Waals surface area (Å²) in [6.07, 6.45) is 2.58. The van der Waals surface area contributed by atoms with Crippen molar-refractivity contribution in [2.24, 2.45) is 11.1 Å². The van der Waals surface area contributed by atoms with Crippen molar-refractivity contribution < 1.29 is 4.79 Å². The molecule has 8 heteroatoms. The Balaban J connectivity index is 0.00000288. The van der Waals surface area contributed by atoms with Crippen LogP contribution in [0.4, 0.5) is 0 Å². The Bertz CT molecular complexity index is 712. The molecule has 7 nitrogen and oxygen atoms in total. The molecule has 0 unspecified atom stereocenters. The maximum Gasteiger partial charge on any atom is 0.252 e. The minimum atomic E-state index is -0.0720. The van der Waals surface area contributed by atoms with Crippen LogP contribution in [0.2, 0.25) is 0 Å². The SMILES string of the molecule is Cc1nc2ncnn2c(C)c1CCC(=O)N(C)CC(C)(C)CN.Cl. The highest BCUT2D eigenvalue weighted by molar-refractivity contribution is 5.85. The average molecular weight is 355 g/mol. The molecule has 24 heavy (non-hydrogen) atoms. The van der Waals surface area contributed by atoms with E-state index in [1.807, 2.05) is 20.9 Å². The Kier molecular flexibility index (Phi) is 6.68. The molecule has 0 atom stereocenters. The number of hydrogen-bond acceptors (Lipinski definition) is 5. The Morgan fingerprint density at radius 1 is 1.38 bits per heavy atom. The molecule has 1 amide bonds. The van der Waals surface area contributed by atoms with Gasteiger partial charge in [0, 0.05) is 31.4 Å². The third-order valence-corrected chi connectivity index (χ3v) is 4.22. The van der Waals surface area contributed by atoms with Crippen LogP contribution in [-0.4, -0.2) is 50.5 Å². The monoisotopic (exact) mass is 354 g/mol. The number of nitrogens with zero attached hydrogens (tertiary/aromatic N) is 5. The quantitative estimate of drug-likeness (QED) is 0.849. The van der Waals surface area contributed by atoms with Gasteiger partial charge in [0.1, 0.15) is 6.33 Å². The molecule has 2 aromatic rings. The van der Waals surface area contributed by atoms with E-state index in [0.29, 0.717) is 31.7 Å². The van der Waals surface area contributed by atoms with Crippen LogP contribution in [0.5, 0.6) is 0 Å². The lowest BCUT2D eigenvalue weighted by Gasteiger charge is -2.29. The molecule has 134 valence electrons. The molecule has 2 rings (SSSR count). The Labute approximate surface area is 149 Å². The van der Waals surface area contributed by atoms with E-state index in [4.69, 9.17) is 5.73 Å². The zero-order chi connectivity index (χ0) is 17.2. The van der Waals surface area contributed by atoms with Gasteiger partial charge in [-0.3, -0.25) is 4.79 Å². The van der Waals surface area contributed by atoms with Crippen LogP contribution < -0.4 is 5.73 Å². The van der Waals surface area contributed by atoms with Crippen LogP contribution in [0, 0.1) is 19.3 Å². The topological polar surface area (TPSA) is 89.4 Å². The van der Waals surface area contributed by atoms with Gasteiger partial charge in [0.25, 0.3) is 5.78 Å². The van der Waals surface area contributed by atoms with Crippen molar-refractivity contribution in [1.29, 1.82) is 0 Å². The van der Waals surface area contributed by atoms with Gasteiger partial charge in [-0.05, 0) is 37.8 Å². The zero-order valence-electron chi connectivity index (χ0n) is 15.0. The lowest BCUT2D eigenvalue weighted by molar-refractivity contribution is -0.131. The fraction of sp³-hybridized carbons (Fsp3) is 0.625. The number of rotatable bonds is 6. The van der Waals surface area contributed by atoms with E-state index >= 15 is 0 Å². The van der Waals surface area contributed by atoms with Crippen LogP contribution in [0.3, 0.4) is 0 Å². The van der Waals surface area contributed by atoms with E-state index in [1.165, 1.54) is 6.33 Å². The molecular weight excluding hydrogens is 328 g/mol. The van der Waals surface area contributed by atoms with Crippen molar-refractivity contribution in [2.45, 2.75) is 40.5 Å². The van der Waals surface area contributed by atoms with Crippen LogP contribution in [0.25, 0.3) is 5.78 Å². The fourth-order valence-corrected chi connectivity index (χ4v) is 2.73. The Morgan fingerprint density at radius 2 is 2.04 bits per heavy atom. The van der Waals surface area contributed by atoms with E-state index in [-0.39, 0.29) is 23.7 Å². The molecular formula is C16H27ClN6O. The number of amides is 1. The molecule has 0 spiro atoms. The number of halogens is 1. The molecule has 0 saturated heterocycles. The number of nitrogens with two attached hydrogens (primary N) is 1. The van der Waals surface area contributed by atoms with Crippen molar-refractivity contribution in [3.05, 3.63) is 23.3 Å². The number of carbonyl (C=O) groups excluding carboxylic acids is 1. The van der Waals surface area contributed by atoms with E-state index < -0.39 is 0 Å². The highest BCUT2D eigenvalue weighted by Crippen LogP contribution is 2.17. The lowest BCUT2D eigenvalue weighted by atomic mass is 9.93. The zero-order valence-corrected chi connectivity index (χ0v) is 15.9. The second kappa shape index (κ2) is 7.90. The molecule has 2 aromatic heterocycles. The average Bonchev–Trinajstić information content (AvgIpc) is 2.94. The summed E-state index contributed by atoms with van der Waals surface area (Å²) in [5.74, 6) is 0.709. The number of hydrogen-bond donors (Lipinski definition) is 1. The second-order valence-electron chi connectivity index (χ2n) is 6.85. The number of fused-ring (bicyclic) bond motifs is 1. The molecule has 0 bridgehead atoms. The van der Waals surface area contributed by atoms with Gasteiger partial charge < -0.3 is 10.6 Å². The van der Waals surface area contributed by atoms with E-state index in [0.717, 1.165) is 17.0 Å². The fourth-order valence-electron chi connectivity index (χ4n) is 2.73.